The summed E-state index contributed by atoms with van der Waals surface area (Å²) in [5, 5.41) is 0. The molecule has 3 nitrogen and oxygen atoms in total. The molecule has 0 saturated carbocycles. The summed E-state index contributed by atoms with van der Waals surface area (Å²) in [7, 11) is 1.21. The molecule has 0 aromatic rings. The Kier molecular flexibility index (Phi) is 5.01. The Morgan fingerprint density at radius 2 is 2.06 bits per heavy atom. The van der Waals surface area contributed by atoms with Gasteiger partial charge in [-0.1, -0.05) is 13.8 Å². The van der Waals surface area contributed by atoms with Crippen molar-refractivity contribution in [2.75, 3.05) is 20.2 Å². The molecule has 0 aromatic carbocycles. The SMILES string of the molecule is COC(=O)[C@H]1CCN(CC(C)C)[C@@H](C(F)(F)F)C1. The summed E-state index contributed by atoms with van der Waals surface area (Å²) in [4.78, 5) is 12.8. The van der Waals surface area contributed by atoms with E-state index in [2.05, 4.69) is 4.74 Å². The molecule has 6 heteroatoms. The molecule has 0 bridgehead atoms. The van der Waals surface area contributed by atoms with Crippen LogP contribution in [0, 0.1) is 11.8 Å². The highest BCUT2D eigenvalue weighted by atomic mass is 19.4. The van der Waals surface area contributed by atoms with Gasteiger partial charge in [-0.05, 0) is 25.3 Å². The molecule has 1 aliphatic heterocycles. The molecule has 0 radical (unpaired) electrons. The molecule has 1 saturated heterocycles. The Hall–Kier alpha value is -0.780. The maximum absolute atomic E-state index is 13.0. The molecule has 0 unspecified atom stereocenters. The summed E-state index contributed by atoms with van der Waals surface area (Å²) in [6, 6.07) is -1.53. The quantitative estimate of drug-likeness (QED) is 0.736. The number of hydrogen-bond acceptors (Lipinski definition) is 3. The number of methoxy groups -OCH3 is 1. The van der Waals surface area contributed by atoms with Gasteiger partial charge in [-0.15, -0.1) is 0 Å². The normalized spacial score (nSPS) is 26.4. The molecule has 2 atom stereocenters. The van der Waals surface area contributed by atoms with Crippen molar-refractivity contribution < 1.29 is 22.7 Å². The van der Waals surface area contributed by atoms with E-state index in [1.165, 1.54) is 12.0 Å². The number of ether oxygens (including phenoxy) is 1. The molecule has 106 valence electrons. The van der Waals surface area contributed by atoms with E-state index in [4.69, 9.17) is 0 Å². The zero-order valence-corrected chi connectivity index (χ0v) is 11.0. The van der Waals surface area contributed by atoms with Gasteiger partial charge >= 0.3 is 12.1 Å². The zero-order chi connectivity index (χ0) is 13.9. The molecular formula is C12H20F3NO2. The molecule has 0 amide bonds. The second-order valence-electron chi connectivity index (χ2n) is 5.19. The average Bonchev–Trinajstić information content (AvgIpc) is 2.26. The minimum atomic E-state index is -4.29. The second kappa shape index (κ2) is 5.91. The van der Waals surface area contributed by atoms with E-state index in [1.54, 1.807) is 0 Å². The number of hydrogen-bond donors (Lipinski definition) is 0. The van der Waals surface area contributed by atoms with E-state index in [9.17, 15) is 18.0 Å². The van der Waals surface area contributed by atoms with Crippen LogP contribution in [-0.2, 0) is 9.53 Å². The summed E-state index contributed by atoms with van der Waals surface area (Å²) >= 11 is 0. The molecule has 18 heavy (non-hydrogen) atoms. The number of nitrogens with zero attached hydrogens (tertiary/aromatic N) is 1. The predicted octanol–water partition coefficient (Wildman–Crippen LogP) is 2.46. The van der Waals surface area contributed by atoms with Gasteiger partial charge in [0.2, 0.25) is 0 Å². The van der Waals surface area contributed by atoms with Gasteiger partial charge in [-0.3, -0.25) is 9.69 Å². The first kappa shape index (κ1) is 15.3. The van der Waals surface area contributed by atoms with Crippen molar-refractivity contribution in [3.8, 4) is 0 Å². The van der Waals surface area contributed by atoms with E-state index in [1.807, 2.05) is 13.8 Å². The third-order valence-electron chi connectivity index (χ3n) is 3.23. The number of carbonyl (C=O) groups excluding carboxylic acids is 1. The number of esters is 1. The summed E-state index contributed by atoms with van der Waals surface area (Å²) in [6.07, 6.45) is -4.05. The maximum Gasteiger partial charge on any atom is 0.404 e. The molecule has 0 aromatic heterocycles. The summed E-state index contributed by atoms with van der Waals surface area (Å²) in [5.74, 6) is -0.997. The molecule has 0 N–H and O–H groups in total. The second-order valence-corrected chi connectivity index (χ2v) is 5.19. The highest BCUT2D eigenvalue weighted by Gasteiger charge is 2.48. The summed E-state index contributed by atoms with van der Waals surface area (Å²) in [6.45, 7) is 4.47. The molecule has 1 heterocycles. The first-order chi connectivity index (χ1) is 8.25. The third kappa shape index (κ3) is 3.86. The lowest BCUT2D eigenvalue weighted by atomic mass is 9.90. The minimum absolute atomic E-state index is 0.171. The van der Waals surface area contributed by atoms with E-state index in [0.29, 0.717) is 19.5 Å². The number of halogens is 3. The molecule has 0 aliphatic carbocycles. The Bertz CT molecular complexity index is 292. The minimum Gasteiger partial charge on any atom is -0.469 e. The number of rotatable bonds is 3. The first-order valence-corrected chi connectivity index (χ1v) is 6.14. The van der Waals surface area contributed by atoms with Crippen LogP contribution >= 0.6 is 0 Å². The number of alkyl halides is 3. The topological polar surface area (TPSA) is 29.5 Å². The van der Waals surface area contributed by atoms with Crippen molar-refractivity contribution in [1.29, 1.82) is 0 Å². The molecule has 0 spiro atoms. The van der Waals surface area contributed by atoms with Crippen molar-refractivity contribution in [2.45, 2.75) is 38.9 Å². The number of likely N-dealkylation sites (tertiary alicyclic amines) is 1. The zero-order valence-electron chi connectivity index (χ0n) is 11.0. The van der Waals surface area contributed by atoms with Gasteiger partial charge in [0.05, 0.1) is 13.0 Å². The molecule has 1 aliphatic rings. The lowest BCUT2D eigenvalue weighted by Crippen LogP contribution is -2.52. The van der Waals surface area contributed by atoms with E-state index < -0.39 is 24.1 Å². The Labute approximate surface area is 105 Å². The fourth-order valence-electron chi connectivity index (χ4n) is 2.42. The van der Waals surface area contributed by atoms with E-state index in [0.717, 1.165) is 0 Å². The highest BCUT2D eigenvalue weighted by molar-refractivity contribution is 5.72. The van der Waals surface area contributed by atoms with Gasteiger partial charge in [0.1, 0.15) is 6.04 Å². The predicted molar refractivity (Wildman–Crippen MR) is 61.0 cm³/mol. The Morgan fingerprint density at radius 1 is 1.44 bits per heavy atom. The van der Waals surface area contributed by atoms with Crippen LogP contribution in [0.1, 0.15) is 26.7 Å². The van der Waals surface area contributed by atoms with Crippen LogP contribution in [-0.4, -0.2) is 43.3 Å². The van der Waals surface area contributed by atoms with Gasteiger partial charge in [0.15, 0.2) is 0 Å². The monoisotopic (exact) mass is 267 g/mol. The van der Waals surface area contributed by atoms with E-state index >= 15 is 0 Å². The average molecular weight is 267 g/mol. The lowest BCUT2D eigenvalue weighted by Gasteiger charge is -2.40. The maximum atomic E-state index is 13.0. The van der Waals surface area contributed by atoms with Gasteiger partial charge in [0, 0.05) is 6.54 Å². The van der Waals surface area contributed by atoms with Crippen molar-refractivity contribution in [2.24, 2.45) is 11.8 Å². The van der Waals surface area contributed by atoms with Gasteiger partial charge in [-0.2, -0.15) is 13.2 Å². The lowest BCUT2D eigenvalue weighted by molar-refractivity contribution is -0.199. The molecule has 1 fully saturated rings. The van der Waals surface area contributed by atoms with Crippen LogP contribution in [0.3, 0.4) is 0 Å². The number of piperidine rings is 1. The largest absolute Gasteiger partial charge is 0.469 e. The molecular weight excluding hydrogens is 247 g/mol. The van der Waals surface area contributed by atoms with E-state index in [-0.39, 0.29) is 12.3 Å². The molecule has 1 rings (SSSR count). The Balaban J connectivity index is 2.76. The fourth-order valence-corrected chi connectivity index (χ4v) is 2.42. The van der Waals surface area contributed by atoms with Gasteiger partial charge < -0.3 is 4.74 Å². The fraction of sp³-hybridized carbons (Fsp3) is 0.917. The highest BCUT2D eigenvalue weighted by Crippen LogP contribution is 2.35. The van der Waals surface area contributed by atoms with Gasteiger partial charge in [0.25, 0.3) is 0 Å². The van der Waals surface area contributed by atoms with Crippen molar-refractivity contribution in [1.82, 2.24) is 4.90 Å². The van der Waals surface area contributed by atoms with Crippen molar-refractivity contribution >= 4 is 5.97 Å². The van der Waals surface area contributed by atoms with Crippen LogP contribution in [0.5, 0.6) is 0 Å². The van der Waals surface area contributed by atoms with Crippen LogP contribution in [0.25, 0.3) is 0 Å². The van der Waals surface area contributed by atoms with Crippen LogP contribution < -0.4 is 0 Å². The summed E-state index contributed by atoms with van der Waals surface area (Å²) < 4.78 is 43.5. The smallest absolute Gasteiger partial charge is 0.404 e. The first-order valence-electron chi connectivity index (χ1n) is 6.14. The van der Waals surface area contributed by atoms with Crippen LogP contribution in [0.2, 0.25) is 0 Å². The van der Waals surface area contributed by atoms with Crippen molar-refractivity contribution in [3.05, 3.63) is 0 Å². The van der Waals surface area contributed by atoms with Crippen LogP contribution in [0.15, 0.2) is 0 Å². The van der Waals surface area contributed by atoms with Crippen molar-refractivity contribution in [3.63, 3.8) is 0 Å². The van der Waals surface area contributed by atoms with Gasteiger partial charge in [-0.25, -0.2) is 0 Å². The Morgan fingerprint density at radius 3 is 2.50 bits per heavy atom. The standard InChI is InChI=1S/C12H20F3NO2/c1-8(2)7-16-5-4-9(11(17)18-3)6-10(16)12(13,14)15/h8-10H,4-7H2,1-3H3/t9-,10+/m0/s1. The third-order valence-corrected chi connectivity index (χ3v) is 3.23. The number of carbonyl (C=O) groups is 1. The summed E-state index contributed by atoms with van der Waals surface area (Å²) in [5.41, 5.74) is 0. The van der Waals surface area contributed by atoms with Crippen LogP contribution in [0.4, 0.5) is 13.2 Å².